The topological polar surface area (TPSA) is 50.7 Å². The zero-order chi connectivity index (χ0) is 14.0. The van der Waals surface area contributed by atoms with E-state index in [0.717, 1.165) is 28.7 Å². The Balaban J connectivity index is 2.41. The van der Waals surface area contributed by atoms with Gasteiger partial charge in [0.15, 0.2) is 5.65 Å². The second kappa shape index (κ2) is 5.59. The Morgan fingerprint density at radius 2 is 2.11 bits per heavy atom. The van der Waals surface area contributed by atoms with Crippen molar-refractivity contribution < 1.29 is 0 Å². The summed E-state index contributed by atoms with van der Waals surface area (Å²) in [6.45, 7) is 8.28. The fourth-order valence-electron chi connectivity index (χ4n) is 2.63. The van der Waals surface area contributed by atoms with Crippen LogP contribution in [0, 0.1) is 13.8 Å². The number of nitrogens with zero attached hydrogens (tertiary/aromatic N) is 2. The predicted molar refractivity (Wildman–Crippen MR) is 78.7 cm³/mol. The Morgan fingerprint density at radius 1 is 1.37 bits per heavy atom. The van der Waals surface area contributed by atoms with Crippen molar-refractivity contribution in [2.75, 3.05) is 0 Å². The van der Waals surface area contributed by atoms with Crippen LogP contribution in [0.4, 0.5) is 0 Å². The van der Waals surface area contributed by atoms with Crippen molar-refractivity contribution in [2.24, 2.45) is 0 Å². The third-order valence-corrected chi connectivity index (χ3v) is 3.67. The number of aromatic nitrogens is 3. The molecule has 1 atom stereocenters. The van der Waals surface area contributed by atoms with E-state index >= 15 is 0 Å². The van der Waals surface area contributed by atoms with Gasteiger partial charge in [-0.05, 0) is 38.8 Å². The monoisotopic (exact) mass is 261 g/mol. The Bertz CT molecular complexity index is 624. The van der Waals surface area contributed by atoms with E-state index in [2.05, 4.69) is 23.9 Å². The number of hydrogen-bond acceptors (Lipinski definition) is 2. The van der Waals surface area contributed by atoms with Crippen LogP contribution in [0.1, 0.15) is 56.8 Å². The Hall–Kier alpha value is -1.58. The molecule has 2 rings (SSSR count). The predicted octanol–water partition coefficient (Wildman–Crippen LogP) is 3.48. The van der Waals surface area contributed by atoms with Gasteiger partial charge in [0.25, 0.3) is 5.56 Å². The second-order valence-corrected chi connectivity index (χ2v) is 5.43. The number of nitrogens with one attached hydrogen (secondary N) is 1. The van der Waals surface area contributed by atoms with Crippen molar-refractivity contribution in [2.45, 2.75) is 59.4 Å². The molecule has 4 heteroatoms. The molecule has 2 aromatic heterocycles. The molecule has 0 amide bonds. The van der Waals surface area contributed by atoms with Gasteiger partial charge >= 0.3 is 0 Å². The van der Waals surface area contributed by atoms with Gasteiger partial charge in [-0.2, -0.15) is 0 Å². The Labute approximate surface area is 113 Å². The van der Waals surface area contributed by atoms with Gasteiger partial charge in [0.2, 0.25) is 0 Å². The molecule has 0 radical (unpaired) electrons. The zero-order valence-corrected chi connectivity index (χ0v) is 12.3. The van der Waals surface area contributed by atoms with Crippen molar-refractivity contribution in [1.82, 2.24) is 14.8 Å². The van der Waals surface area contributed by atoms with Crippen LogP contribution in [0.15, 0.2) is 10.9 Å². The minimum absolute atomic E-state index is 0.0256. The molecule has 0 fully saturated rings. The van der Waals surface area contributed by atoms with Crippen molar-refractivity contribution >= 4 is 11.0 Å². The van der Waals surface area contributed by atoms with E-state index in [9.17, 15) is 4.79 Å². The standard InChI is InChI=1S/C15H23N3O/c1-5-6-7-8-12(4)18-14-13(15(19)17-18)10(2)9-11(3)16-14/h9,12H,5-8H2,1-4H3,(H,17,19)/t12-/m0/s1. The maximum Gasteiger partial charge on any atom is 0.273 e. The Morgan fingerprint density at radius 3 is 2.79 bits per heavy atom. The first-order valence-corrected chi connectivity index (χ1v) is 7.13. The van der Waals surface area contributed by atoms with Crippen LogP contribution in [0.5, 0.6) is 0 Å². The first kappa shape index (κ1) is 13.8. The van der Waals surface area contributed by atoms with Gasteiger partial charge in [0, 0.05) is 11.7 Å². The summed E-state index contributed by atoms with van der Waals surface area (Å²) in [5, 5.41) is 3.68. The number of pyridine rings is 1. The fourth-order valence-corrected chi connectivity index (χ4v) is 2.63. The molecule has 104 valence electrons. The highest BCUT2D eigenvalue weighted by Gasteiger charge is 2.15. The molecule has 2 aromatic rings. The lowest BCUT2D eigenvalue weighted by Crippen LogP contribution is -2.11. The number of rotatable bonds is 5. The minimum atomic E-state index is -0.0256. The molecule has 0 bridgehead atoms. The van der Waals surface area contributed by atoms with E-state index in [0.29, 0.717) is 0 Å². The molecule has 1 N–H and O–H groups in total. The molecule has 0 saturated carbocycles. The van der Waals surface area contributed by atoms with Crippen LogP contribution in [0.25, 0.3) is 11.0 Å². The third-order valence-electron chi connectivity index (χ3n) is 3.67. The van der Waals surface area contributed by atoms with Gasteiger partial charge in [0.05, 0.1) is 5.39 Å². The zero-order valence-electron chi connectivity index (χ0n) is 12.3. The van der Waals surface area contributed by atoms with Crippen molar-refractivity contribution in [3.8, 4) is 0 Å². The summed E-state index contributed by atoms with van der Waals surface area (Å²) in [6, 6.07) is 2.24. The average Bonchev–Trinajstić information content (AvgIpc) is 2.66. The second-order valence-electron chi connectivity index (χ2n) is 5.43. The van der Waals surface area contributed by atoms with Gasteiger partial charge < -0.3 is 0 Å². The van der Waals surface area contributed by atoms with Crippen molar-refractivity contribution in [3.05, 3.63) is 27.7 Å². The van der Waals surface area contributed by atoms with Crippen molar-refractivity contribution in [3.63, 3.8) is 0 Å². The Kier molecular flexibility index (Phi) is 4.08. The van der Waals surface area contributed by atoms with E-state index < -0.39 is 0 Å². The van der Waals surface area contributed by atoms with E-state index in [1.807, 2.05) is 24.6 Å². The molecule has 0 unspecified atom stereocenters. The maximum atomic E-state index is 12.0. The van der Waals surface area contributed by atoms with Gasteiger partial charge in [-0.1, -0.05) is 26.2 Å². The minimum Gasteiger partial charge on any atom is -0.267 e. The van der Waals surface area contributed by atoms with Gasteiger partial charge in [-0.15, -0.1) is 0 Å². The number of aromatic amines is 1. The summed E-state index contributed by atoms with van der Waals surface area (Å²) < 4.78 is 1.94. The summed E-state index contributed by atoms with van der Waals surface area (Å²) in [4.78, 5) is 16.6. The first-order valence-electron chi connectivity index (χ1n) is 7.13. The lowest BCUT2D eigenvalue weighted by Gasteiger charge is -2.13. The van der Waals surface area contributed by atoms with E-state index in [1.165, 1.54) is 19.3 Å². The highest BCUT2D eigenvalue weighted by Crippen LogP contribution is 2.20. The third kappa shape index (κ3) is 2.72. The van der Waals surface area contributed by atoms with Crippen molar-refractivity contribution in [1.29, 1.82) is 0 Å². The fraction of sp³-hybridized carbons (Fsp3) is 0.600. The average molecular weight is 261 g/mol. The summed E-state index contributed by atoms with van der Waals surface area (Å²) in [6.07, 6.45) is 4.71. The number of unbranched alkanes of at least 4 members (excludes halogenated alkanes) is 2. The molecule has 0 aliphatic carbocycles. The van der Waals surface area contributed by atoms with Gasteiger partial charge in [0.1, 0.15) is 0 Å². The smallest absolute Gasteiger partial charge is 0.267 e. The largest absolute Gasteiger partial charge is 0.273 e. The first-order chi connectivity index (χ1) is 9.04. The molecule has 0 aliphatic heterocycles. The van der Waals surface area contributed by atoms with Gasteiger partial charge in [-0.3, -0.25) is 14.6 Å². The highest BCUT2D eigenvalue weighted by molar-refractivity contribution is 5.78. The molecular weight excluding hydrogens is 238 g/mol. The normalized spacial score (nSPS) is 13.1. The molecule has 0 aliphatic rings. The number of fused-ring (bicyclic) bond motifs is 1. The molecular formula is C15H23N3O. The molecule has 0 spiro atoms. The summed E-state index contributed by atoms with van der Waals surface area (Å²) >= 11 is 0. The van der Waals surface area contributed by atoms with Crippen LogP contribution in [-0.2, 0) is 0 Å². The molecule has 4 nitrogen and oxygen atoms in total. The summed E-state index contributed by atoms with van der Waals surface area (Å²) in [7, 11) is 0. The van der Waals surface area contributed by atoms with E-state index in [-0.39, 0.29) is 11.6 Å². The lowest BCUT2D eigenvalue weighted by atomic mass is 10.1. The highest BCUT2D eigenvalue weighted by atomic mass is 16.1. The summed E-state index contributed by atoms with van der Waals surface area (Å²) in [5.74, 6) is 0. The van der Waals surface area contributed by atoms with Gasteiger partial charge in [-0.25, -0.2) is 4.98 Å². The van der Waals surface area contributed by atoms with Crippen LogP contribution in [-0.4, -0.2) is 14.8 Å². The van der Waals surface area contributed by atoms with Crippen LogP contribution >= 0.6 is 0 Å². The number of aryl methyl sites for hydroxylation is 2. The lowest BCUT2D eigenvalue weighted by molar-refractivity contribution is 0.445. The molecule has 19 heavy (non-hydrogen) atoms. The quantitative estimate of drug-likeness (QED) is 0.838. The molecule has 2 heterocycles. The van der Waals surface area contributed by atoms with Crippen LogP contribution in [0.2, 0.25) is 0 Å². The van der Waals surface area contributed by atoms with Crippen LogP contribution < -0.4 is 5.56 Å². The van der Waals surface area contributed by atoms with Crippen LogP contribution in [0.3, 0.4) is 0 Å². The molecule has 0 aromatic carbocycles. The number of hydrogen-bond donors (Lipinski definition) is 1. The molecule has 0 saturated heterocycles. The summed E-state index contributed by atoms with van der Waals surface area (Å²) in [5.41, 5.74) is 2.73. The van der Waals surface area contributed by atoms with E-state index in [1.54, 1.807) is 0 Å². The number of H-pyrrole nitrogens is 1. The SMILES string of the molecule is CCCCC[C@H](C)n1[nH]c(=O)c2c(C)cc(C)nc21. The van der Waals surface area contributed by atoms with E-state index in [4.69, 9.17) is 0 Å². The maximum absolute atomic E-state index is 12.0.